The molecule has 1 amide bonds. The Kier molecular flexibility index (Phi) is 77.1. The summed E-state index contributed by atoms with van der Waals surface area (Å²) in [7, 11) is 0. The fourth-order valence-electron chi connectivity index (χ4n) is 13.3. The predicted molar refractivity (Wildman–Crippen MR) is 387 cm³/mol. The van der Waals surface area contributed by atoms with Crippen molar-refractivity contribution in [1.82, 2.24) is 5.32 Å². The summed E-state index contributed by atoms with van der Waals surface area (Å²) in [5, 5.41) is 23.3. The van der Waals surface area contributed by atoms with Gasteiger partial charge in [-0.1, -0.05) is 462 Å². The Hall–Kier alpha value is -1.13. The van der Waals surface area contributed by atoms with E-state index in [1.165, 1.54) is 424 Å². The van der Waals surface area contributed by atoms with E-state index in [-0.39, 0.29) is 12.5 Å². The van der Waals surface area contributed by atoms with Crippen molar-refractivity contribution in [2.75, 3.05) is 6.61 Å². The van der Waals surface area contributed by atoms with Gasteiger partial charge in [0.1, 0.15) is 0 Å². The van der Waals surface area contributed by atoms with Crippen molar-refractivity contribution in [3.8, 4) is 0 Å². The van der Waals surface area contributed by atoms with E-state index in [9.17, 15) is 15.0 Å². The highest BCUT2D eigenvalue weighted by Gasteiger charge is 2.18. The second kappa shape index (κ2) is 78.1. The van der Waals surface area contributed by atoms with Crippen LogP contribution in [0.3, 0.4) is 0 Å². The molecule has 3 N–H and O–H groups in total. The fraction of sp³-hybridized carbons (Fsp3) is 0.939. The molecule has 2 unspecified atom stereocenters. The quantitative estimate of drug-likeness (QED) is 0.0420. The summed E-state index contributed by atoms with van der Waals surface area (Å²) in [5.74, 6) is -0.0626. The molecule has 0 bridgehead atoms. The first-order chi connectivity index (χ1) is 42.7. The number of amides is 1. The van der Waals surface area contributed by atoms with Crippen LogP contribution in [0.1, 0.15) is 476 Å². The molecule has 0 saturated carbocycles. The lowest BCUT2D eigenvalue weighted by Gasteiger charge is -2.19. The molecule has 0 rings (SSSR count). The predicted octanol–water partition coefficient (Wildman–Crippen LogP) is 28.1. The Morgan fingerprint density at radius 2 is 0.453 bits per heavy atom. The average molecular weight is 1210 g/mol. The van der Waals surface area contributed by atoms with E-state index in [0.717, 1.165) is 32.1 Å². The number of aliphatic hydroxyl groups is 2. The molecule has 0 aromatic rings. The summed E-state index contributed by atoms with van der Waals surface area (Å²) >= 11 is 0. The van der Waals surface area contributed by atoms with Crippen LogP contribution in [0.15, 0.2) is 24.3 Å². The molecule has 0 aromatic carbocycles. The number of allylic oxidation sites excluding steroid dienone is 3. The molecule has 4 heteroatoms. The van der Waals surface area contributed by atoms with Gasteiger partial charge in [-0.05, 0) is 32.1 Å². The van der Waals surface area contributed by atoms with Crippen LogP contribution < -0.4 is 5.32 Å². The maximum atomic E-state index is 12.6. The van der Waals surface area contributed by atoms with Gasteiger partial charge in [0, 0.05) is 6.42 Å². The SMILES string of the molecule is CCCCCCCCCCCCCCCCCCCCCCCCCCCCC/C=C/CC/C=C/C(O)C(CO)NC(=O)CCCCCCCCCCCCCCCCCCCCCCCCCCCCCCCCCCCCCCCCCCC. The molecule has 0 saturated heterocycles. The number of aliphatic hydroxyl groups excluding tert-OH is 2. The van der Waals surface area contributed by atoms with Gasteiger partial charge in [0.2, 0.25) is 5.91 Å². The van der Waals surface area contributed by atoms with Crippen molar-refractivity contribution in [2.24, 2.45) is 0 Å². The summed E-state index contributed by atoms with van der Waals surface area (Å²) in [4.78, 5) is 12.6. The van der Waals surface area contributed by atoms with E-state index in [1.54, 1.807) is 6.08 Å². The zero-order valence-electron chi connectivity index (χ0n) is 59.4. The van der Waals surface area contributed by atoms with Crippen LogP contribution in [0.4, 0.5) is 0 Å². The van der Waals surface area contributed by atoms with E-state index >= 15 is 0 Å². The van der Waals surface area contributed by atoms with Gasteiger partial charge in [0.05, 0.1) is 18.8 Å². The molecule has 0 radical (unpaired) electrons. The van der Waals surface area contributed by atoms with Crippen molar-refractivity contribution < 1.29 is 15.0 Å². The number of nitrogens with one attached hydrogen (secondary N) is 1. The Balaban J connectivity index is 3.38. The smallest absolute Gasteiger partial charge is 0.220 e. The van der Waals surface area contributed by atoms with E-state index < -0.39 is 12.1 Å². The highest BCUT2D eigenvalue weighted by Crippen LogP contribution is 2.21. The van der Waals surface area contributed by atoms with Crippen molar-refractivity contribution in [3.05, 3.63) is 24.3 Å². The third kappa shape index (κ3) is 73.6. The minimum absolute atomic E-state index is 0.0626. The van der Waals surface area contributed by atoms with Gasteiger partial charge in [0.15, 0.2) is 0 Å². The van der Waals surface area contributed by atoms with Crippen molar-refractivity contribution in [1.29, 1.82) is 0 Å². The molecule has 86 heavy (non-hydrogen) atoms. The van der Waals surface area contributed by atoms with Crippen LogP contribution in [-0.4, -0.2) is 34.9 Å². The first-order valence-electron chi connectivity index (χ1n) is 40.6. The van der Waals surface area contributed by atoms with Crippen LogP contribution in [0.5, 0.6) is 0 Å². The molecule has 0 aliphatic carbocycles. The van der Waals surface area contributed by atoms with E-state index in [0.29, 0.717) is 6.42 Å². The molecule has 4 nitrogen and oxygen atoms in total. The minimum Gasteiger partial charge on any atom is -0.394 e. The van der Waals surface area contributed by atoms with E-state index in [2.05, 4.69) is 31.3 Å². The van der Waals surface area contributed by atoms with Gasteiger partial charge < -0.3 is 15.5 Å². The standard InChI is InChI=1S/C82H161NO3/c1-3-5-7-9-11-13-15-17-19-21-23-25-27-29-31-33-35-37-38-39-40-41-42-43-44-46-48-50-52-54-56-58-60-62-64-66-68-70-72-74-76-78-82(86)83-80(79-84)81(85)77-75-73-71-69-67-65-63-61-59-57-55-53-51-49-47-45-36-34-32-30-28-26-24-22-20-18-16-14-12-10-8-6-4-2/h67,69,75,77,80-81,84-85H,3-66,68,70-74,76,78-79H2,1-2H3,(H,83,86)/b69-67+,77-75+. The van der Waals surface area contributed by atoms with Gasteiger partial charge in [0.25, 0.3) is 0 Å². The summed E-state index contributed by atoms with van der Waals surface area (Å²) in [6.07, 6.45) is 108. The fourth-order valence-corrected chi connectivity index (χ4v) is 13.3. The number of carbonyl (C=O) groups excluding carboxylic acids is 1. The first kappa shape index (κ1) is 84.9. The van der Waals surface area contributed by atoms with Gasteiger partial charge in [-0.25, -0.2) is 0 Å². The second-order valence-corrected chi connectivity index (χ2v) is 28.2. The summed E-state index contributed by atoms with van der Waals surface area (Å²) in [6.45, 7) is 4.36. The molecule has 0 heterocycles. The molecule has 0 fully saturated rings. The Morgan fingerprint density at radius 1 is 0.267 bits per heavy atom. The van der Waals surface area contributed by atoms with Crippen LogP contribution in [0.2, 0.25) is 0 Å². The van der Waals surface area contributed by atoms with Crippen LogP contribution in [-0.2, 0) is 4.79 Å². The molecule has 0 aromatic heterocycles. The van der Waals surface area contributed by atoms with Gasteiger partial charge in [-0.3, -0.25) is 4.79 Å². The normalized spacial score (nSPS) is 12.7. The Morgan fingerprint density at radius 3 is 0.674 bits per heavy atom. The third-order valence-electron chi connectivity index (χ3n) is 19.4. The van der Waals surface area contributed by atoms with Crippen molar-refractivity contribution >= 4 is 5.91 Å². The van der Waals surface area contributed by atoms with Crippen molar-refractivity contribution in [2.45, 2.75) is 488 Å². The lowest BCUT2D eigenvalue weighted by Crippen LogP contribution is -2.45. The van der Waals surface area contributed by atoms with E-state index in [4.69, 9.17) is 0 Å². The zero-order valence-corrected chi connectivity index (χ0v) is 59.4. The van der Waals surface area contributed by atoms with Gasteiger partial charge in [-0.15, -0.1) is 0 Å². The van der Waals surface area contributed by atoms with E-state index in [1.807, 2.05) is 6.08 Å². The summed E-state index contributed by atoms with van der Waals surface area (Å²) in [5.41, 5.74) is 0. The lowest BCUT2D eigenvalue weighted by atomic mass is 10.0. The highest BCUT2D eigenvalue weighted by atomic mass is 16.3. The molecular formula is C82H161NO3. The third-order valence-corrected chi connectivity index (χ3v) is 19.4. The number of carbonyl (C=O) groups is 1. The summed E-state index contributed by atoms with van der Waals surface area (Å²) < 4.78 is 0. The minimum atomic E-state index is -0.862. The van der Waals surface area contributed by atoms with Gasteiger partial charge >= 0.3 is 0 Å². The number of unbranched alkanes of at least 4 members (excludes halogenated alkanes) is 68. The van der Waals surface area contributed by atoms with Crippen LogP contribution in [0.25, 0.3) is 0 Å². The topological polar surface area (TPSA) is 69.6 Å². The highest BCUT2D eigenvalue weighted by molar-refractivity contribution is 5.76. The molecular weight excluding hydrogens is 1050 g/mol. The maximum absolute atomic E-state index is 12.6. The molecule has 0 aliphatic heterocycles. The zero-order chi connectivity index (χ0) is 61.9. The average Bonchev–Trinajstić information content (AvgIpc) is 3.58. The number of rotatable bonds is 77. The van der Waals surface area contributed by atoms with Gasteiger partial charge in [-0.2, -0.15) is 0 Å². The number of hydrogen-bond donors (Lipinski definition) is 3. The van der Waals surface area contributed by atoms with Crippen LogP contribution in [0, 0.1) is 0 Å². The number of hydrogen-bond acceptors (Lipinski definition) is 3. The Labute approximate surface area is 542 Å². The molecule has 0 spiro atoms. The molecule has 0 aliphatic rings. The Bertz CT molecular complexity index is 1280. The lowest BCUT2D eigenvalue weighted by molar-refractivity contribution is -0.123. The maximum Gasteiger partial charge on any atom is 0.220 e. The molecule has 512 valence electrons. The summed E-state index contributed by atoms with van der Waals surface area (Å²) in [6, 6.07) is -0.639. The molecule has 2 atom stereocenters. The van der Waals surface area contributed by atoms with Crippen molar-refractivity contribution in [3.63, 3.8) is 0 Å². The second-order valence-electron chi connectivity index (χ2n) is 28.2. The van der Waals surface area contributed by atoms with Crippen LogP contribution >= 0.6 is 0 Å². The largest absolute Gasteiger partial charge is 0.394 e. The first-order valence-corrected chi connectivity index (χ1v) is 40.6. The monoisotopic (exact) mass is 1210 g/mol.